The summed E-state index contributed by atoms with van der Waals surface area (Å²) in [6.07, 6.45) is -3.86. The Morgan fingerprint density at radius 1 is 0.754 bits per heavy atom. The second-order valence-electron chi connectivity index (χ2n) is 15.3. The fourth-order valence-electron chi connectivity index (χ4n) is 7.47. The van der Waals surface area contributed by atoms with Gasteiger partial charge in [0.1, 0.15) is 84.3 Å². The van der Waals surface area contributed by atoms with Crippen LogP contribution in [0.25, 0.3) is 11.1 Å². The first-order valence-corrected chi connectivity index (χ1v) is 19.4. The number of nitrogens with zero attached hydrogens (tertiary/aromatic N) is 4. The van der Waals surface area contributed by atoms with E-state index in [1.165, 1.54) is 35.4 Å². The van der Waals surface area contributed by atoms with Gasteiger partial charge in [-0.15, -0.1) is 0 Å². The van der Waals surface area contributed by atoms with E-state index in [4.69, 9.17) is 110 Å². The minimum absolute atomic E-state index is 0.00924. The summed E-state index contributed by atoms with van der Waals surface area (Å²) in [5, 5.41) is -5.80. The summed E-state index contributed by atoms with van der Waals surface area (Å²) >= 11 is 1.04. The number of rotatable bonds is 13. The van der Waals surface area contributed by atoms with Crippen molar-refractivity contribution in [3.8, 4) is 11.1 Å². The van der Waals surface area contributed by atoms with E-state index in [0.29, 0.717) is 36.1 Å². The molecule has 1 aliphatic carbocycles. The van der Waals surface area contributed by atoms with Crippen molar-refractivity contribution >= 4 is 171 Å². The molecule has 276 valence electrons. The molecule has 1 heterocycles. The molecule has 0 atom stereocenters. The molecule has 0 bridgehead atoms. The molecule has 5 rings (SSSR count). The molecule has 1 amide bonds. The first kappa shape index (κ1) is 49.0. The van der Waals surface area contributed by atoms with E-state index < -0.39 is 73.4 Å². The topological polar surface area (TPSA) is 58.4 Å². The van der Waals surface area contributed by atoms with Crippen LogP contribution >= 0.6 is 11.8 Å². The third-order valence-corrected chi connectivity index (χ3v) is 11.5. The number of alkyl halides is 3. The second-order valence-corrected chi connectivity index (χ2v) is 16.2. The number of aromatic nitrogens is 2. The molecule has 6 nitrogen and oxygen atoms in total. The predicted octanol–water partition coefficient (Wildman–Crippen LogP) is -5.50. The molecule has 1 aliphatic rings. The van der Waals surface area contributed by atoms with Crippen LogP contribution in [0.5, 0.6) is 0 Å². The van der Waals surface area contributed by atoms with Crippen molar-refractivity contribution in [1.29, 1.82) is 0 Å². The SMILES string of the molecule is [B]c1c([B])c(-c2c([B])c([B])c(C(F)(F)F)c([B])c2[B])c([B])c([B])c1CN(CCN(C([B])([B])C)C([B])([B])C)C(=O)C([B])([B])n1c(SCc2ccc(F)cc2)nc(=O)c2c1CCC2. The van der Waals surface area contributed by atoms with Gasteiger partial charge in [0.2, 0.25) is 5.91 Å². The second kappa shape index (κ2) is 17.8. The molecule has 0 spiro atoms. The van der Waals surface area contributed by atoms with Crippen molar-refractivity contribution in [2.45, 2.75) is 72.8 Å². The van der Waals surface area contributed by atoms with Crippen molar-refractivity contribution in [3.05, 3.63) is 68.4 Å². The highest BCUT2D eigenvalue weighted by Crippen LogP contribution is 2.32. The van der Waals surface area contributed by atoms with Crippen LogP contribution in [-0.4, -0.2) is 159 Å². The third kappa shape index (κ3) is 9.73. The van der Waals surface area contributed by atoms with Gasteiger partial charge in [-0.1, -0.05) is 92.1 Å². The number of hydrogen-bond donors (Lipinski definition) is 0. The van der Waals surface area contributed by atoms with Gasteiger partial charge in [-0.25, -0.2) is 4.39 Å². The number of fused-ring (bicyclic) bond motifs is 1. The van der Waals surface area contributed by atoms with Gasteiger partial charge >= 0.3 is 6.18 Å². The zero-order valence-corrected chi connectivity index (χ0v) is 34.2. The lowest BCUT2D eigenvalue weighted by atomic mass is 9.54. The van der Waals surface area contributed by atoms with E-state index in [1.54, 1.807) is 12.1 Å². The molecule has 0 saturated carbocycles. The highest BCUT2D eigenvalue weighted by atomic mass is 32.2. The summed E-state index contributed by atoms with van der Waals surface area (Å²) in [5.74, 6) is -1.27. The van der Waals surface area contributed by atoms with Gasteiger partial charge < -0.3 is 14.4 Å². The quantitative estimate of drug-likeness (QED) is 0.0586. The predicted molar refractivity (Wildman–Crippen MR) is 248 cm³/mol. The molecule has 0 N–H and O–H groups in total. The Balaban J connectivity index is 1.67. The van der Waals surface area contributed by atoms with Crippen molar-refractivity contribution < 1.29 is 22.4 Å². The Morgan fingerprint density at radius 3 is 1.72 bits per heavy atom. The van der Waals surface area contributed by atoms with Crippen molar-refractivity contribution in [2.24, 2.45) is 0 Å². The molecule has 0 fully saturated rings. The molecule has 61 heavy (non-hydrogen) atoms. The van der Waals surface area contributed by atoms with Crippen LogP contribution in [0.4, 0.5) is 17.6 Å². The first-order chi connectivity index (χ1) is 28.0. The smallest absolute Gasteiger partial charge is 0.336 e. The van der Waals surface area contributed by atoms with Crippen LogP contribution < -0.4 is 49.3 Å². The molecule has 25 heteroatoms. The van der Waals surface area contributed by atoms with E-state index in [9.17, 15) is 22.4 Å². The van der Waals surface area contributed by atoms with E-state index in [1.807, 2.05) is 0 Å². The molecule has 0 saturated heterocycles. The molecule has 1 aromatic heterocycles. The summed E-state index contributed by atoms with van der Waals surface area (Å²) in [6.45, 7) is 1.75. The molecule has 3 aromatic carbocycles. The summed E-state index contributed by atoms with van der Waals surface area (Å²) in [5.41, 5.74) is -5.93. The van der Waals surface area contributed by atoms with Crippen LogP contribution in [0, 0.1) is 5.82 Å². The van der Waals surface area contributed by atoms with Crippen LogP contribution in [0.1, 0.15) is 48.2 Å². The standard InChI is InChI=1S/C36H24B14F4N4O2S/c1-33(45,46)57(34(2,47)48)11-10-56(12-17-22(37)24(39)19(25(40)23(17)38)20-26(41)28(43)21(36(52,53)54)29(44)27(20)42)31(60)35(49,50)58-18-5-3-4-16(18)30(59)55-32(58)61-13-14-6-8-15(51)9-7-14/h6-9H,3-5,10-13H2,1-2H3. The molecule has 0 unspecified atom stereocenters. The lowest BCUT2D eigenvalue weighted by Crippen LogP contribution is -2.62. The first-order valence-electron chi connectivity index (χ1n) is 18.4. The fourth-order valence-corrected chi connectivity index (χ4v) is 8.50. The number of thioether (sulfide) groups is 1. The summed E-state index contributed by atoms with van der Waals surface area (Å²) < 4.78 is 56.7. The van der Waals surface area contributed by atoms with Crippen LogP contribution in [-0.2, 0) is 41.4 Å². The largest absolute Gasteiger partial charge is 0.415 e. The normalized spacial score (nSPS) is 13.4. The van der Waals surface area contributed by atoms with Gasteiger partial charge in [-0.3, -0.25) is 9.59 Å². The van der Waals surface area contributed by atoms with Crippen molar-refractivity contribution in [3.63, 3.8) is 0 Å². The van der Waals surface area contributed by atoms with Gasteiger partial charge in [0.25, 0.3) is 5.56 Å². The molecule has 0 aliphatic heterocycles. The molecular formula is C36H24B14F4N4O2S. The summed E-state index contributed by atoms with van der Waals surface area (Å²) in [7, 11) is 88.8. The Kier molecular flexibility index (Phi) is 14.3. The van der Waals surface area contributed by atoms with Gasteiger partial charge in [-0.05, 0) is 53.6 Å². The minimum atomic E-state index is -5.04. The van der Waals surface area contributed by atoms with Crippen LogP contribution in [0.3, 0.4) is 0 Å². The number of halogens is 4. The molecule has 4 aromatic rings. The van der Waals surface area contributed by atoms with E-state index in [-0.39, 0.29) is 62.5 Å². The fraction of sp³-hybridized carbons (Fsp3) is 0.361. The molecule has 28 radical (unpaired) electrons. The number of benzene rings is 3. The number of hydrogen-bond acceptors (Lipinski definition) is 5. The van der Waals surface area contributed by atoms with E-state index in [0.717, 1.165) is 16.7 Å². The Hall–Kier alpha value is -3.05. The third-order valence-electron chi connectivity index (χ3n) is 10.5. The van der Waals surface area contributed by atoms with E-state index >= 15 is 4.79 Å². The number of carbonyl (C=O) groups excluding carboxylic acids is 1. The summed E-state index contributed by atoms with van der Waals surface area (Å²) in [4.78, 5) is 34.9. The summed E-state index contributed by atoms with van der Waals surface area (Å²) in [6, 6.07) is 5.62. The Morgan fingerprint density at radius 2 is 1.25 bits per heavy atom. The maximum absolute atomic E-state index is 15.0. The molecular weight excluding hydrogens is 780 g/mol. The van der Waals surface area contributed by atoms with Gasteiger partial charge in [0.15, 0.2) is 5.16 Å². The van der Waals surface area contributed by atoms with Gasteiger partial charge in [0, 0.05) is 47.5 Å². The van der Waals surface area contributed by atoms with Crippen molar-refractivity contribution in [2.75, 3.05) is 13.1 Å². The van der Waals surface area contributed by atoms with Crippen LogP contribution in [0.2, 0.25) is 0 Å². The average molecular weight is 804 g/mol. The van der Waals surface area contributed by atoms with Gasteiger partial charge in [0.05, 0.1) is 31.4 Å². The van der Waals surface area contributed by atoms with E-state index in [2.05, 4.69) is 4.98 Å². The highest BCUT2D eigenvalue weighted by molar-refractivity contribution is 7.98. The Labute approximate surface area is 376 Å². The number of amides is 1. The average Bonchev–Trinajstić information content (AvgIpc) is 3.64. The highest BCUT2D eigenvalue weighted by Gasteiger charge is 2.40. The number of carbonyl (C=O) groups is 1. The minimum Gasteiger partial charge on any atom is -0.336 e. The zero-order chi connectivity index (χ0) is 45.9. The van der Waals surface area contributed by atoms with Crippen LogP contribution in [0.15, 0.2) is 34.2 Å². The maximum atomic E-state index is 15.0. The maximum Gasteiger partial charge on any atom is 0.415 e. The monoisotopic (exact) mass is 806 g/mol. The Bertz CT molecular complexity index is 2370. The van der Waals surface area contributed by atoms with Gasteiger partial charge in [-0.2, -0.15) is 18.2 Å². The van der Waals surface area contributed by atoms with Crippen molar-refractivity contribution in [1.82, 2.24) is 19.4 Å². The lowest BCUT2D eigenvalue weighted by molar-refractivity contribution is -0.136. The lowest BCUT2D eigenvalue weighted by Gasteiger charge is -2.49. The zero-order valence-electron chi connectivity index (χ0n) is 33.4.